The molecule has 2 N–H and O–H groups in total. The smallest absolute Gasteiger partial charge is 0.0239 e. The summed E-state index contributed by atoms with van der Waals surface area (Å²) in [4.78, 5) is 2.65. The first-order chi connectivity index (χ1) is 8.24. The van der Waals surface area contributed by atoms with E-state index in [1.807, 2.05) is 0 Å². The summed E-state index contributed by atoms with van der Waals surface area (Å²) in [5.41, 5.74) is 8.25. The van der Waals surface area contributed by atoms with Gasteiger partial charge in [0.2, 0.25) is 0 Å². The standard InChI is InChI=1S/C15H24N2/c1-3-15-9-4-12(2)17(15)11-14-7-5-13(10-16)6-8-14/h5-8,12,15H,3-4,9-11,16H2,1-2H3. The molecule has 2 unspecified atom stereocenters. The average Bonchev–Trinajstić information content (AvgIpc) is 2.71. The first kappa shape index (κ1) is 12.6. The third-order valence-corrected chi connectivity index (χ3v) is 4.05. The van der Waals surface area contributed by atoms with Gasteiger partial charge in [0.05, 0.1) is 0 Å². The lowest BCUT2D eigenvalue weighted by Crippen LogP contribution is -2.33. The van der Waals surface area contributed by atoms with Gasteiger partial charge in [-0.1, -0.05) is 31.2 Å². The number of nitrogens with two attached hydrogens (primary N) is 1. The Labute approximate surface area is 105 Å². The molecule has 0 spiro atoms. The van der Waals surface area contributed by atoms with Crippen molar-refractivity contribution in [2.45, 2.75) is 58.3 Å². The lowest BCUT2D eigenvalue weighted by atomic mass is 10.1. The summed E-state index contributed by atoms with van der Waals surface area (Å²) in [6, 6.07) is 10.3. The van der Waals surface area contributed by atoms with Crippen molar-refractivity contribution in [2.24, 2.45) is 5.73 Å². The number of rotatable bonds is 4. The number of benzene rings is 1. The fourth-order valence-corrected chi connectivity index (χ4v) is 2.84. The second-order valence-electron chi connectivity index (χ2n) is 5.18. The van der Waals surface area contributed by atoms with E-state index >= 15 is 0 Å². The molecule has 1 aromatic rings. The SMILES string of the molecule is CCC1CCC(C)N1Cc1ccc(CN)cc1. The third-order valence-electron chi connectivity index (χ3n) is 4.05. The minimum absolute atomic E-state index is 0.637. The van der Waals surface area contributed by atoms with Crippen molar-refractivity contribution in [3.05, 3.63) is 35.4 Å². The molecule has 2 rings (SSSR count). The molecule has 0 bridgehead atoms. The van der Waals surface area contributed by atoms with Gasteiger partial charge in [0, 0.05) is 25.2 Å². The van der Waals surface area contributed by atoms with E-state index in [4.69, 9.17) is 5.73 Å². The second-order valence-corrected chi connectivity index (χ2v) is 5.18. The van der Waals surface area contributed by atoms with Crippen LogP contribution >= 0.6 is 0 Å². The Morgan fingerprint density at radius 3 is 2.41 bits per heavy atom. The van der Waals surface area contributed by atoms with Crippen molar-refractivity contribution in [2.75, 3.05) is 0 Å². The molecule has 0 amide bonds. The van der Waals surface area contributed by atoms with E-state index in [-0.39, 0.29) is 0 Å². The van der Waals surface area contributed by atoms with Crippen molar-refractivity contribution in [1.29, 1.82) is 0 Å². The van der Waals surface area contributed by atoms with Crippen LogP contribution < -0.4 is 5.73 Å². The molecule has 2 heteroatoms. The molecule has 0 aliphatic carbocycles. The number of hydrogen-bond donors (Lipinski definition) is 1. The molecule has 1 aliphatic rings. The Kier molecular flexibility index (Phi) is 4.19. The zero-order valence-corrected chi connectivity index (χ0v) is 11.0. The van der Waals surface area contributed by atoms with E-state index in [0.717, 1.165) is 18.6 Å². The molecule has 1 aromatic carbocycles. The van der Waals surface area contributed by atoms with Crippen LogP contribution in [0, 0.1) is 0 Å². The van der Waals surface area contributed by atoms with Crippen molar-refractivity contribution in [1.82, 2.24) is 4.90 Å². The maximum atomic E-state index is 5.62. The summed E-state index contributed by atoms with van der Waals surface area (Å²) >= 11 is 0. The summed E-state index contributed by atoms with van der Waals surface area (Å²) < 4.78 is 0. The van der Waals surface area contributed by atoms with E-state index in [2.05, 4.69) is 43.0 Å². The zero-order valence-electron chi connectivity index (χ0n) is 11.0. The monoisotopic (exact) mass is 232 g/mol. The molecule has 17 heavy (non-hydrogen) atoms. The summed E-state index contributed by atoms with van der Waals surface area (Å²) in [5.74, 6) is 0. The van der Waals surface area contributed by atoms with Gasteiger partial charge in [-0.25, -0.2) is 0 Å². The van der Waals surface area contributed by atoms with Crippen LogP contribution in [-0.4, -0.2) is 17.0 Å². The van der Waals surface area contributed by atoms with Gasteiger partial charge >= 0.3 is 0 Å². The molecule has 0 aromatic heterocycles. The summed E-state index contributed by atoms with van der Waals surface area (Å²) in [7, 11) is 0. The Bertz CT molecular complexity index is 344. The molecule has 1 fully saturated rings. The molecule has 0 saturated carbocycles. The second kappa shape index (κ2) is 5.65. The van der Waals surface area contributed by atoms with Crippen LogP contribution in [-0.2, 0) is 13.1 Å². The van der Waals surface area contributed by atoms with E-state index in [1.165, 1.54) is 30.4 Å². The Morgan fingerprint density at radius 1 is 1.18 bits per heavy atom. The van der Waals surface area contributed by atoms with E-state index < -0.39 is 0 Å². The minimum atomic E-state index is 0.637. The normalized spacial score (nSPS) is 25.4. The highest BCUT2D eigenvalue weighted by atomic mass is 15.2. The van der Waals surface area contributed by atoms with Crippen molar-refractivity contribution >= 4 is 0 Å². The lowest BCUT2D eigenvalue weighted by molar-refractivity contribution is 0.189. The highest BCUT2D eigenvalue weighted by Crippen LogP contribution is 2.27. The Balaban J connectivity index is 2.03. The van der Waals surface area contributed by atoms with Gasteiger partial charge < -0.3 is 5.73 Å². The van der Waals surface area contributed by atoms with Gasteiger partial charge in [-0.2, -0.15) is 0 Å². The Hall–Kier alpha value is -0.860. The van der Waals surface area contributed by atoms with Crippen LogP contribution in [0.4, 0.5) is 0 Å². The van der Waals surface area contributed by atoms with Crippen molar-refractivity contribution in [3.8, 4) is 0 Å². The highest BCUT2D eigenvalue weighted by Gasteiger charge is 2.28. The first-order valence-electron chi connectivity index (χ1n) is 6.78. The maximum absolute atomic E-state index is 5.62. The maximum Gasteiger partial charge on any atom is 0.0239 e. The van der Waals surface area contributed by atoms with E-state index in [0.29, 0.717) is 6.54 Å². The lowest BCUT2D eigenvalue weighted by Gasteiger charge is -2.27. The van der Waals surface area contributed by atoms with Gasteiger partial charge in [0.1, 0.15) is 0 Å². The van der Waals surface area contributed by atoms with Gasteiger partial charge in [0.25, 0.3) is 0 Å². The van der Waals surface area contributed by atoms with Gasteiger partial charge in [-0.05, 0) is 37.3 Å². The predicted octanol–water partition coefficient (Wildman–Crippen LogP) is 2.91. The minimum Gasteiger partial charge on any atom is -0.326 e. The van der Waals surface area contributed by atoms with Gasteiger partial charge in [0.15, 0.2) is 0 Å². The highest BCUT2D eigenvalue weighted by molar-refractivity contribution is 5.22. The van der Waals surface area contributed by atoms with Crippen LogP contribution in [0.25, 0.3) is 0 Å². The van der Waals surface area contributed by atoms with Crippen LogP contribution in [0.15, 0.2) is 24.3 Å². The van der Waals surface area contributed by atoms with Gasteiger partial charge in [-0.3, -0.25) is 4.90 Å². The number of nitrogens with zero attached hydrogens (tertiary/aromatic N) is 1. The quantitative estimate of drug-likeness (QED) is 0.865. The molecular weight excluding hydrogens is 208 g/mol. The van der Waals surface area contributed by atoms with Crippen LogP contribution in [0.2, 0.25) is 0 Å². The topological polar surface area (TPSA) is 29.3 Å². The molecule has 1 heterocycles. The largest absolute Gasteiger partial charge is 0.326 e. The van der Waals surface area contributed by atoms with Crippen LogP contribution in [0.3, 0.4) is 0 Å². The summed E-state index contributed by atoms with van der Waals surface area (Å²) in [5, 5.41) is 0. The molecule has 1 saturated heterocycles. The van der Waals surface area contributed by atoms with Crippen molar-refractivity contribution < 1.29 is 0 Å². The van der Waals surface area contributed by atoms with E-state index in [9.17, 15) is 0 Å². The van der Waals surface area contributed by atoms with Gasteiger partial charge in [-0.15, -0.1) is 0 Å². The predicted molar refractivity (Wildman–Crippen MR) is 72.7 cm³/mol. The average molecular weight is 232 g/mol. The molecule has 2 atom stereocenters. The summed E-state index contributed by atoms with van der Waals surface area (Å²) in [6.07, 6.45) is 3.98. The van der Waals surface area contributed by atoms with E-state index in [1.54, 1.807) is 0 Å². The van der Waals surface area contributed by atoms with Crippen molar-refractivity contribution in [3.63, 3.8) is 0 Å². The zero-order chi connectivity index (χ0) is 12.3. The fraction of sp³-hybridized carbons (Fsp3) is 0.600. The van der Waals surface area contributed by atoms with Crippen LogP contribution in [0.5, 0.6) is 0 Å². The molecular formula is C15H24N2. The molecule has 0 radical (unpaired) electrons. The molecule has 94 valence electrons. The summed E-state index contributed by atoms with van der Waals surface area (Å²) in [6.45, 7) is 6.37. The number of likely N-dealkylation sites (tertiary alicyclic amines) is 1. The third kappa shape index (κ3) is 2.88. The fourth-order valence-electron chi connectivity index (χ4n) is 2.84. The number of hydrogen-bond acceptors (Lipinski definition) is 2. The Morgan fingerprint density at radius 2 is 1.82 bits per heavy atom. The first-order valence-corrected chi connectivity index (χ1v) is 6.78. The molecule has 2 nitrogen and oxygen atoms in total. The van der Waals surface area contributed by atoms with Crippen LogP contribution in [0.1, 0.15) is 44.2 Å². The molecule has 1 aliphatic heterocycles.